The Kier molecular flexibility index (Phi) is 4.54. The molecule has 0 saturated carbocycles. The van der Waals surface area contributed by atoms with Crippen molar-refractivity contribution in [1.29, 1.82) is 0 Å². The monoisotopic (exact) mass is 219 g/mol. The van der Waals surface area contributed by atoms with Crippen LogP contribution >= 0.6 is 0 Å². The van der Waals surface area contributed by atoms with E-state index in [4.69, 9.17) is 0 Å². The van der Waals surface area contributed by atoms with Crippen LogP contribution in [0.15, 0.2) is 0 Å². The number of rotatable bonds is 3. The average molecular weight is 219 g/mol. The molecule has 82 valence electrons. The summed E-state index contributed by atoms with van der Waals surface area (Å²) >= 11 is 0. The number of ether oxygens (including phenoxy) is 1. The van der Waals surface area contributed by atoms with Gasteiger partial charge in [0.05, 0.1) is 7.11 Å². The Labute approximate surface area is 86.9 Å². The highest BCUT2D eigenvalue weighted by Gasteiger charge is 2.22. The van der Waals surface area contributed by atoms with Crippen LogP contribution in [-0.2, 0) is 20.3 Å². The van der Waals surface area contributed by atoms with E-state index in [0.717, 1.165) is 24.3 Å². The lowest BCUT2D eigenvalue weighted by Crippen LogP contribution is -2.44. The maximum absolute atomic E-state index is 11.1. The van der Waals surface area contributed by atoms with Crippen molar-refractivity contribution in [3.8, 4) is 0 Å². The maximum atomic E-state index is 11.1. The van der Waals surface area contributed by atoms with Crippen LogP contribution in [0.3, 0.4) is 0 Å². The van der Waals surface area contributed by atoms with Crippen LogP contribution in [0, 0.1) is 0 Å². The molecule has 0 aromatic rings. The zero-order valence-corrected chi connectivity index (χ0v) is 9.43. The Morgan fingerprint density at radius 3 is 2.57 bits per heavy atom. The molecule has 0 bridgehead atoms. The summed E-state index contributed by atoms with van der Waals surface area (Å²) in [6, 6.07) is 0.0401. The molecule has 5 heteroatoms. The third kappa shape index (κ3) is 3.38. The summed E-state index contributed by atoms with van der Waals surface area (Å²) in [5.41, 5.74) is 0. The lowest BCUT2D eigenvalue weighted by atomic mass is 10.1. The summed E-state index contributed by atoms with van der Waals surface area (Å²) in [7, 11) is 0.741. The molecule has 0 aromatic carbocycles. The fourth-order valence-electron chi connectivity index (χ4n) is 1.56. The molecule has 0 spiro atoms. The molecule has 4 nitrogen and oxygen atoms in total. The van der Waals surface area contributed by atoms with Crippen molar-refractivity contribution in [2.45, 2.75) is 31.8 Å². The number of carbonyl (C=O) groups excluding carboxylic acids is 1. The quantitative estimate of drug-likeness (QED) is 0.681. The van der Waals surface area contributed by atoms with Crippen molar-refractivity contribution in [3.05, 3.63) is 0 Å². The van der Waals surface area contributed by atoms with E-state index in [0.29, 0.717) is 6.04 Å². The van der Waals surface area contributed by atoms with Gasteiger partial charge >= 0.3 is 5.97 Å². The molecule has 1 heterocycles. The van der Waals surface area contributed by atoms with Gasteiger partial charge in [0, 0.05) is 28.3 Å². The van der Waals surface area contributed by atoms with Gasteiger partial charge in [-0.1, -0.05) is 0 Å². The lowest BCUT2D eigenvalue weighted by Gasteiger charge is -2.25. The van der Waals surface area contributed by atoms with Crippen molar-refractivity contribution < 1.29 is 13.7 Å². The Balaban J connectivity index is 2.30. The molecule has 1 N–H and O–H groups in total. The number of hydrogen-bond donors (Lipinski definition) is 1. The summed E-state index contributed by atoms with van der Waals surface area (Å²) in [5, 5.41) is 3.18. The Hall–Kier alpha value is -0.420. The van der Waals surface area contributed by atoms with Crippen LogP contribution in [0.2, 0.25) is 0 Å². The predicted molar refractivity (Wildman–Crippen MR) is 55.5 cm³/mol. The highest BCUT2D eigenvalue weighted by Crippen LogP contribution is 2.09. The fraction of sp³-hybridized carbons (Fsp3) is 0.889. The van der Waals surface area contributed by atoms with Gasteiger partial charge in [-0.2, -0.15) is 0 Å². The summed E-state index contributed by atoms with van der Waals surface area (Å²) < 4.78 is 15.7. The first-order chi connectivity index (χ1) is 6.63. The van der Waals surface area contributed by atoms with Gasteiger partial charge in [0.25, 0.3) is 0 Å². The molecule has 1 aliphatic rings. The van der Waals surface area contributed by atoms with Gasteiger partial charge in [-0.3, -0.25) is 9.00 Å². The minimum Gasteiger partial charge on any atom is -0.468 e. The van der Waals surface area contributed by atoms with Gasteiger partial charge in [-0.05, 0) is 19.8 Å². The molecule has 0 radical (unpaired) electrons. The zero-order chi connectivity index (χ0) is 10.6. The van der Waals surface area contributed by atoms with E-state index in [1.165, 1.54) is 7.11 Å². The van der Waals surface area contributed by atoms with Crippen molar-refractivity contribution in [1.82, 2.24) is 5.32 Å². The first-order valence-corrected chi connectivity index (χ1v) is 6.31. The average Bonchev–Trinajstić information content (AvgIpc) is 2.20. The lowest BCUT2D eigenvalue weighted by molar-refractivity contribution is -0.142. The van der Waals surface area contributed by atoms with E-state index in [1.54, 1.807) is 6.92 Å². The van der Waals surface area contributed by atoms with Gasteiger partial charge in [0.15, 0.2) is 0 Å². The Morgan fingerprint density at radius 2 is 2.07 bits per heavy atom. The SMILES string of the molecule is COC(=O)C(C)NC1CCS(=O)CC1. The second-order valence-corrected chi connectivity index (χ2v) is 5.23. The normalized spacial score (nSPS) is 29.6. The highest BCUT2D eigenvalue weighted by molar-refractivity contribution is 7.85. The number of esters is 1. The summed E-state index contributed by atoms with van der Waals surface area (Å²) in [6.45, 7) is 1.79. The van der Waals surface area contributed by atoms with E-state index in [9.17, 15) is 9.00 Å². The van der Waals surface area contributed by atoms with Gasteiger partial charge in [0.1, 0.15) is 6.04 Å². The first kappa shape index (κ1) is 11.7. The van der Waals surface area contributed by atoms with E-state index in [-0.39, 0.29) is 12.0 Å². The molecule has 1 saturated heterocycles. The number of methoxy groups -OCH3 is 1. The highest BCUT2D eigenvalue weighted by atomic mass is 32.2. The fourth-order valence-corrected chi connectivity index (χ4v) is 2.86. The first-order valence-electron chi connectivity index (χ1n) is 4.82. The zero-order valence-electron chi connectivity index (χ0n) is 8.62. The minimum absolute atomic E-state index is 0.239. The molecule has 0 aromatic heterocycles. The number of carbonyl (C=O) groups is 1. The van der Waals surface area contributed by atoms with Gasteiger partial charge in [-0.25, -0.2) is 0 Å². The summed E-state index contributed by atoms with van der Waals surface area (Å²) in [5.74, 6) is 1.24. The van der Waals surface area contributed by atoms with E-state index < -0.39 is 10.8 Å². The molecule has 1 unspecified atom stereocenters. The predicted octanol–water partition coefficient (Wildman–Crippen LogP) is 0.0486. The van der Waals surface area contributed by atoms with Crippen molar-refractivity contribution in [2.24, 2.45) is 0 Å². The largest absolute Gasteiger partial charge is 0.468 e. The maximum Gasteiger partial charge on any atom is 0.322 e. The molecular formula is C9H17NO3S. The molecule has 1 aliphatic heterocycles. The second kappa shape index (κ2) is 5.46. The van der Waals surface area contributed by atoms with Crippen LogP contribution in [-0.4, -0.2) is 40.9 Å². The van der Waals surface area contributed by atoms with Gasteiger partial charge in [0.2, 0.25) is 0 Å². The van der Waals surface area contributed by atoms with Crippen LogP contribution in [0.1, 0.15) is 19.8 Å². The number of hydrogen-bond acceptors (Lipinski definition) is 4. The number of nitrogens with one attached hydrogen (secondary N) is 1. The summed E-state index contributed by atoms with van der Waals surface area (Å²) in [4.78, 5) is 11.1. The summed E-state index contributed by atoms with van der Waals surface area (Å²) in [6.07, 6.45) is 1.77. The Bertz CT molecular complexity index is 222. The Morgan fingerprint density at radius 1 is 1.50 bits per heavy atom. The molecule has 14 heavy (non-hydrogen) atoms. The van der Waals surface area contributed by atoms with E-state index in [2.05, 4.69) is 10.1 Å². The molecule has 1 fully saturated rings. The minimum atomic E-state index is -0.644. The topological polar surface area (TPSA) is 55.4 Å². The van der Waals surface area contributed by atoms with E-state index >= 15 is 0 Å². The smallest absolute Gasteiger partial charge is 0.322 e. The van der Waals surface area contributed by atoms with Crippen molar-refractivity contribution >= 4 is 16.8 Å². The molecule has 1 atom stereocenters. The molecular weight excluding hydrogens is 202 g/mol. The molecule has 1 rings (SSSR count). The van der Waals surface area contributed by atoms with Gasteiger partial charge in [-0.15, -0.1) is 0 Å². The standard InChI is InChI=1S/C9H17NO3S/c1-7(9(11)13-2)10-8-3-5-14(12)6-4-8/h7-8,10H,3-6H2,1-2H3. The van der Waals surface area contributed by atoms with Crippen molar-refractivity contribution in [3.63, 3.8) is 0 Å². The van der Waals surface area contributed by atoms with Crippen LogP contribution < -0.4 is 5.32 Å². The van der Waals surface area contributed by atoms with Crippen molar-refractivity contribution in [2.75, 3.05) is 18.6 Å². The molecule has 0 amide bonds. The molecule has 0 aliphatic carbocycles. The second-order valence-electron chi connectivity index (χ2n) is 3.53. The third-order valence-electron chi connectivity index (χ3n) is 2.43. The van der Waals surface area contributed by atoms with Gasteiger partial charge < -0.3 is 10.1 Å². The van der Waals surface area contributed by atoms with Crippen LogP contribution in [0.4, 0.5) is 0 Å². The van der Waals surface area contributed by atoms with E-state index in [1.807, 2.05) is 0 Å². The third-order valence-corrected chi connectivity index (χ3v) is 3.81. The van der Waals surface area contributed by atoms with Crippen LogP contribution in [0.25, 0.3) is 0 Å². The van der Waals surface area contributed by atoms with Crippen LogP contribution in [0.5, 0.6) is 0 Å².